The molecule has 0 radical (unpaired) electrons. The maximum atomic E-state index is 11.7. The van der Waals surface area contributed by atoms with E-state index in [1.54, 1.807) is 14.2 Å². The molecule has 26 heteroatoms. The van der Waals surface area contributed by atoms with E-state index in [0.717, 1.165) is 206 Å². The zero-order valence-corrected chi connectivity index (χ0v) is 62.5. The Hall–Kier alpha value is -7.10. The van der Waals surface area contributed by atoms with E-state index in [9.17, 15) is 48.6 Å². The first-order valence-corrected chi connectivity index (χ1v) is 39.0. The highest BCUT2D eigenvalue weighted by atomic mass is 32.2. The van der Waals surface area contributed by atoms with Gasteiger partial charge in [0.2, 0.25) is 23.6 Å². The number of oxime groups is 2. The number of carbonyl (C=O) groups excluding carboxylic acids is 8. The van der Waals surface area contributed by atoms with Gasteiger partial charge in [-0.2, -0.15) is 0 Å². The van der Waals surface area contributed by atoms with Gasteiger partial charge in [0.15, 0.2) is 0 Å². The van der Waals surface area contributed by atoms with Crippen molar-refractivity contribution in [3.05, 3.63) is 119 Å². The third kappa shape index (κ3) is 22.9. The number of nitrogens with zero attached hydrogens (tertiary/aromatic N) is 2. The Morgan fingerprint density at radius 1 is 0.422 bits per heavy atom. The fourth-order valence-electron chi connectivity index (χ4n) is 14.2. The Morgan fingerprint density at radius 2 is 0.784 bits per heavy atom. The molecule has 0 aromatic heterocycles. The monoisotopic (exact) mass is 1480 g/mol. The summed E-state index contributed by atoms with van der Waals surface area (Å²) in [5, 5.41) is 35.1. The molecule has 4 heterocycles. The van der Waals surface area contributed by atoms with E-state index in [4.69, 9.17) is 28.6 Å². The molecular formula is C76H98N6O16S4. The summed E-state index contributed by atoms with van der Waals surface area (Å²) >= 11 is 4.20. The van der Waals surface area contributed by atoms with Crippen LogP contribution >= 0.6 is 47.0 Å². The molecule has 8 fully saturated rings. The molecule has 4 aromatic rings. The van der Waals surface area contributed by atoms with Gasteiger partial charge >= 0.3 is 0 Å². The van der Waals surface area contributed by atoms with Gasteiger partial charge < -0.3 is 38.8 Å². The summed E-state index contributed by atoms with van der Waals surface area (Å²) in [6, 6.07) is 30.9. The van der Waals surface area contributed by atoms with Gasteiger partial charge in [-0.25, -0.2) is 0 Å². The number of amides is 8. The minimum absolute atomic E-state index is 0.0231. The lowest BCUT2D eigenvalue weighted by Gasteiger charge is -2.38. The van der Waals surface area contributed by atoms with Crippen LogP contribution in [-0.4, -0.2) is 140 Å². The molecule has 552 valence electrons. The van der Waals surface area contributed by atoms with Crippen LogP contribution in [0.25, 0.3) is 0 Å². The quantitative estimate of drug-likeness (QED) is 0.0355. The minimum atomic E-state index is -0.345. The Balaban J connectivity index is 0.000000158. The summed E-state index contributed by atoms with van der Waals surface area (Å²) in [4.78, 5) is 102. The smallest absolute Gasteiger partial charge is 0.286 e. The molecule has 4 aromatic carbocycles. The molecule has 0 bridgehead atoms. The number of nitrogens with one attached hydrogen (secondary N) is 4. The maximum absolute atomic E-state index is 11.7. The zero-order chi connectivity index (χ0) is 72.9. The Kier molecular flexibility index (Phi) is 29.1. The Morgan fingerprint density at radius 3 is 1.16 bits per heavy atom. The number of aliphatic hydroxyl groups is 2. The van der Waals surface area contributed by atoms with Crippen molar-refractivity contribution in [2.45, 2.75) is 202 Å². The highest BCUT2D eigenvalue weighted by Gasteiger charge is 2.41. The lowest BCUT2D eigenvalue weighted by molar-refractivity contribution is -0.119. The molecule has 10 atom stereocenters. The van der Waals surface area contributed by atoms with Crippen LogP contribution in [0.3, 0.4) is 0 Å². The third-order valence-corrected chi connectivity index (χ3v) is 24.4. The van der Waals surface area contributed by atoms with E-state index in [1.807, 2.05) is 97.1 Å². The molecule has 4 aliphatic carbocycles. The summed E-state index contributed by atoms with van der Waals surface area (Å²) in [6.45, 7) is 11.0. The average Bonchev–Trinajstić information content (AvgIpc) is 1.19. The standard InChI is InChI=1S/C20H26N2O4S.C19H24N2O4S.C19H25NO4S.C18H23NO4S/c1-3-20(11-5-4-6-17(20)22-25-2)13-26-15-9-7-14(8-10-15)12-16-18(23)21-19(24)27-16;1-19(10-4-3-5-16(19)21-24-2)12-25-14-8-6-13(7-9-14)11-15-17(22)20-18(23)26-15;1-2-19(9-3-4-14(21)11-19)12-24-15-7-5-13(6-8-15)10-16-17(22)20-18(23)25-16;1-18(8-2-3-13(20)10-18)11-23-14-6-4-12(5-7-14)9-15-16(21)19-17(22)24-15/h7-10,16H,3-6,11-13H2,1-2H3,(H,21,23,24);6-9,15H,3-5,10-12H2,1-2H3,(H,20,22,23);5-8,14,16,21H,2-4,9-12H2,1H3,(H,20,22,23);4-7,13,15,20H,2-3,8-11H2,1H3,(H,19,21,22)/b22-17-;21-16-;;. The molecule has 4 aliphatic heterocycles. The Labute approximate surface area is 615 Å². The van der Waals surface area contributed by atoms with Crippen LogP contribution in [0.4, 0.5) is 19.2 Å². The van der Waals surface area contributed by atoms with E-state index in [-0.39, 0.29) is 99.5 Å². The first kappa shape index (κ1) is 79.0. The van der Waals surface area contributed by atoms with Crippen LogP contribution in [0.15, 0.2) is 107 Å². The van der Waals surface area contributed by atoms with Crippen molar-refractivity contribution in [2.75, 3.05) is 40.6 Å². The van der Waals surface area contributed by atoms with Gasteiger partial charge in [-0.05, 0) is 186 Å². The summed E-state index contributed by atoms with van der Waals surface area (Å²) in [5.74, 6) is 2.33. The fourth-order valence-corrected chi connectivity index (χ4v) is 17.6. The fraction of sp³-hybridized carbons (Fsp3) is 0.553. The summed E-state index contributed by atoms with van der Waals surface area (Å²) < 4.78 is 24.0. The molecule has 12 rings (SSSR count). The van der Waals surface area contributed by atoms with Gasteiger partial charge in [0.1, 0.15) is 37.2 Å². The lowest BCUT2D eigenvalue weighted by atomic mass is 9.71. The van der Waals surface area contributed by atoms with E-state index in [2.05, 4.69) is 59.3 Å². The van der Waals surface area contributed by atoms with Crippen molar-refractivity contribution in [1.29, 1.82) is 0 Å². The second-order valence-corrected chi connectivity index (χ2v) is 33.0. The van der Waals surface area contributed by atoms with Crippen molar-refractivity contribution in [1.82, 2.24) is 21.3 Å². The van der Waals surface area contributed by atoms with Gasteiger partial charge in [-0.15, -0.1) is 0 Å². The van der Waals surface area contributed by atoms with Crippen molar-refractivity contribution < 1.29 is 77.2 Å². The van der Waals surface area contributed by atoms with E-state index in [1.165, 1.54) is 12.8 Å². The number of ether oxygens (including phenoxy) is 4. The van der Waals surface area contributed by atoms with E-state index in [0.29, 0.717) is 52.1 Å². The normalized spacial score (nSPS) is 28.5. The Bertz CT molecular complexity index is 3610. The average molecular weight is 1480 g/mol. The van der Waals surface area contributed by atoms with Crippen LogP contribution < -0.4 is 40.2 Å². The minimum Gasteiger partial charge on any atom is -0.493 e. The van der Waals surface area contributed by atoms with Crippen LogP contribution in [-0.2, 0) is 54.5 Å². The van der Waals surface area contributed by atoms with Crippen molar-refractivity contribution in [3.63, 3.8) is 0 Å². The van der Waals surface area contributed by atoms with Gasteiger partial charge in [-0.3, -0.25) is 59.6 Å². The van der Waals surface area contributed by atoms with E-state index < -0.39 is 0 Å². The number of aliphatic hydroxyl groups excluding tert-OH is 2. The SMILES string of the molecule is CC1(COc2ccc(CC3SC(=O)NC3=O)cc2)CCCC(O)C1.CCC1(COc2ccc(CC3SC(=O)NC3=O)cc2)CCCC(O)C1.CCC1(COc2ccc(CC3SC(=O)NC3=O)cc2)CCCC/C1=N/OC.CO/N=C1/CCCCC1(C)COc1ccc(CC2SC(=O)NC2=O)cc1. The number of imide groups is 4. The molecule has 8 amide bonds. The van der Waals surface area contributed by atoms with Crippen LogP contribution in [0.2, 0.25) is 0 Å². The van der Waals surface area contributed by atoms with Crippen molar-refractivity contribution in [3.8, 4) is 23.0 Å². The largest absolute Gasteiger partial charge is 0.493 e. The first-order chi connectivity index (χ1) is 49.0. The molecule has 10 unspecified atom stereocenters. The second kappa shape index (κ2) is 37.6. The number of carbonyl (C=O) groups is 8. The third-order valence-electron chi connectivity index (χ3n) is 20.5. The van der Waals surface area contributed by atoms with Crippen LogP contribution in [0, 0.1) is 21.7 Å². The van der Waals surface area contributed by atoms with E-state index >= 15 is 0 Å². The van der Waals surface area contributed by atoms with Gasteiger partial charge in [0.25, 0.3) is 21.0 Å². The number of benzene rings is 4. The first-order valence-electron chi connectivity index (χ1n) is 35.5. The van der Waals surface area contributed by atoms with Gasteiger partial charge in [-0.1, -0.05) is 159 Å². The molecule has 8 aliphatic rings. The topological polar surface area (TPSA) is 305 Å². The van der Waals surface area contributed by atoms with Gasteiger partial charge in [0, 0.05) is 21.7 Å². The molecule has 4 saturated carbocycles. The highest BCUT2D eigenvalue weighted by Crippen LogP contribution is 2.42. The molecular weight excluding hydrogens is 1380 g/mol. The number of hydrogen-bond donors (Lipinski definition) is 6. The predicted octanol–water partition coefficient (Wildman–Crippen LogP) is 13.7. The maximum Gasteiger partial charge on any atom is 0.286 e. The zero-order valence-electron chi connectivity index (χ0n) is 59.2. The summed E-state index contributed by atoms with van der Waals surface area (Å²) in [7, 11) is 3.18. The predicted molar refractivity (Wildman–Crippen MR) is 399 cm³/mol. The molecule has 0 spiro atoms. The van der Waals surface area contributed by atoms with Crippen molar-refractivity contribution in [2.24, 2.45) is 32.0 Å². The molecule has 22 nitrogen and oxygen atoms in total. The molecule has 4 saturated heterocycles. The summed E-state index contributed by atoms with van der Waals surface area (Å²) in [6.07, 6.45) is 20.0. The lowest BCUT2D eigenvalue weighted by Crippen LogP contribution is -2.39. The van der Waals surface area contributed by atoms with Gasteiger partial charge in [0.05, 0.1) is 71.1 Å². The van der Waals surface area contributed by atoms with Crippen LogP contribution in [0.5, 0.6) is 23.0 Å². The van der Waals surface area contributed by atoms with Crippen LogP contribution in [0.1, 0.15) is 166 Å². The molecule has 102 heavy (non-hydrogen) atoms. The van der Waals surface area contributed by atoms with Crippen molar-refractivity contribution >= 4 is 103 Å². The summed E-state index contributed by atoms with van der Waals surface area (Å²) in [5.41, 5.74) is 6.11. The molecule has 6 N–H and O–H groups in total. The number of hydrogen-bond acceptors (Lipinski definition) is 22. The number of thioether (sulfide) groups is 4. The number of rotatable bonds is 24. The second-order valence-electron chi connectivity index (χ2n) is 28.3. The highest BCUT2D eigenvalue weighted by molar-refractivity contribution is 8.16.